The first kappa shape index (κ1) is 40.2. The van der Waals surface area contributed by atoms with Gasteiger partial charge in [0.05, 0.1) is 0 Å². The molecule has 0 aliphatic heterocycles. The van der Waals surface area contributed by atoms with Gasteiger partial charge in [-0.3, -0.25) is 14.4 Å². The lowest BCUT2D eigenvalue weighted by Gasteiger charge is -2.28. The maximum atomic E-state index is 12.5. The van der Waals surface area contributed by atoms with Gasteiger partial charge in [0.2, 0.25) is 0 Å². The van der Waals surface area contributed by atoms with Crippen LogP contribution < -0.4 is 0 Å². The van der Waals surface area contributed by atoms with Crippen molar-refractivity contribution in [3.8, 4) is 0 Å². The average Bonchev–Trinajstić information content (AvgIpc) is 3.15. The van der Waals surface area contributed by atoms with Crippen LogP contribution in [0.4, 0.5) is 0 Å². The molecule has 3 nitrogen and oxygen atoms in total. The zero-order chi connectivity index (χ0) is 35.4. The molecular weight excluding hydrogens is 613 g/mol. The molecule has 0 saturated heterocycles. The molecule has 276 valence electrons. The smallest absolute Gasteiger partial charge is 0.135 e. The standard InChI is InChI=1S/C47H70O3/c1-3-5-9-19-46(49)43-33-29-41(30-34-43)39-25-21-37(22-26-39)15-11-7-13-17-45(48)18-14-8-12-16-38-23-27-40(28-24-38)42-31-35-44(36-32-42)47(50)20-10-6-4-2/h21-28,41-44H,3-20,29-36H2,1-2H3/t41-,42?,43-,44?. The van der Waals surface area contributed by atoms with Crippen molar-refractivity contribution in [3.63, 3.8) is 0 Å². The predicted molar refractivity (Wildman–Crippen MR) is 210 cm³/mol. The summed E-state index contributed by atoms with van der Waals surface area (Å²) in [5, 5.41) is 0. The molecule has 2 aliphatic rings. The quantitative estimate of drug-likeness (QED) is 0.104. The van der Waals surface area contributed by atoms with E-state index >= 15 is 0 Å². The third-order valence-corrected chi connectivity index (χ3v) is 12.2. The molecule has 4 rings (SSSR count). The summed E-state index contributed by atoms with van der Waals surface area (Å²) in [5.41, 5.74) is 5.71. The molecule has 0 spiro atoms. The molecule has 0 unspecified atom stereocenters. The van der Waals surface area contributed by atoms with Gasteiger partial charge in [0.1, 0.15) is 17.3 Å². The Morgan fingerprint density at radius 2 is 0.800 bits per heavy atom. The van der Waals surface area contributed by atoms with E-state index in [4.69, 9.17) is 0 Å². The molecule has 0 radical (unpaired) electrons. The van der Waals surface area contributed by atoms with E-state index in [-0.39, 0.29) is 0 Å². The zero-order valence-corrected chi connectivity index (χ0v) is 32.0. The van der Waals surface area contributed by atoms with Crippen molar-refractivity contribution in [2.45, 2.75) is 193 Å². The number of rotatable bonds is 24. The molecule has 2 aromatic rings. The number of ketones is 3. The van der Waals surface area contributed by atoms with E-state index in [1.165, 1.54) is 47.9 Å². The van der Waals surface area contributed by atoms with Crippen molar-refractivity contribution in [1.82, 2.24) is 0 Å². The maximum Gasteiger partial charge on any atom is 0.135 e. The summed E-state index contributed by atoms with van der Waals surface area (Å²) in [7, 11) is 0. The third kappa shape index (κ3) is 14.2. The lowest BCUT2D eigenvalue weighted by molar-refractivity contribution is -0.124. The summed E-state index contributed by atoms with van der Waals surface area (Å²) in [5.74, 6) is 3.31. The average molecular weight is 683 g/mol. The number of Topliss-reactive ketones (excluding diaryl/α,β-unsaturated/α-hetero) is 3. The number of hydrogen-bond donors (Lipinski definition) is 0. The van der Waals surface area contributed by atoms with Crippen LogP contribution in [0.2, 0.25) is 0 Å². The van der Waals surface area contributed by atoms with E-state index in [0.29, 0.717) is 41.0 Å². The fourth-order valence-corrected chi connectivity index (χ4v) is 8.70. The molecule has 0 heterocycles. The number of aryl methyl sites for hydroxylation is 2. The summed E-state index contributed by atoms with van der Waals surface area (Å²) in [6.45, 7) is 4.39. The van der Waals surface area contributed by atoms with Crippen LogP contribution in [0, 0.1) is 11.8 Å². The summed E-state index contributed by atoms with van der Waals surface area (Å²) in [4.78, 5) is 37.5. The van der Waals surface area contributed by atoms with E-state index in [2.05, 4.69) is 62.4 Å². The van der Waals surface area contributed by atoms with Crippen LogP contribution >= 0.6 is 0 Å². The zero-order valence-electron chi connectivity index (χ0n) is 32.0. The van der Waals surface area contributed by atoms with Crippen molar-refractivity contribution in [2.24, 2.45) is 11.8 Å². The molecule has 2 aliphatic carbocycles. The summed E-state index contributed by atoms with van der Waals surface area (Å²) < 4.78 is 0. The Morgan fingerprint density at radius 1 is 0.440 bits per heavy atom. The van der Waals surface area contributed by atoms with Crippen molar-refractivity contribution in [1.29, 1.82) is 0 Å². The first-order chi connectivity index (χ1) is 24.5. The van der Waals surface area contributed by atoms with Crippen molar-refractivity contribution in [3.05, 3.63) is 70.8 Å². The number of unbranched alkanes of at least 4 members (excludes halogenated alkanes) is 8. The van der Waals surface area contributed by atoms with E-state index in [1.807, 2.05) is 0 Å². The minimum atomic E-state index is 0.310. The SMILES string of the molecule is CCCCCC(=O)C1CCC(c2ccc(CCCCCC(=O)CCCCCc3ccc([C@H]4CC[C@H](C(=O)CCCCC)CC4)cc3)cc2)CC1. The second-order valence-corrected chi connectivity index (χ2v) is 16.1. The summed E-state index contributed by atoms with van der Waals surface area (Å²) in [6.07, 6.45) is 27.5. The molecule has 2 saturated carbocycles. The first-order valence-corrected chi connectivity index (χ1v) is 21.2. The number of carbonyl (C=O) groups is 3. The highest BCUT2D eigenvalue weighted by Crippen LogP contribution is 2.38. The molecule has 3 heteroatoms. The first-order valence-electron chi connectivity index (χ1n) is 21.2. The normalized spacial score (nSPS) is 20.8. The predicted octanol–water partition coefficient (Wildman–Crippen LogP) is 13.0. The third-order valence-electron chi connectivity index (χ3n) is 12.2. The van der Waals surface area contributed by atoms with Gasteiger partial charge in [-0.05, 0) is 137 Å². The summed E-state index contributed by atoms with van der Waals surface area (Å²) >= 11 is 0. The fraction of sp³-hybridized carbons (Fsp3) is 0.681. The highest BCUT2D eigenvalue weighted by Gasteiger charge is 2.27. The highest BCUT2D eigenvalue weighted by atomic mass is 16.1. The van der Waals surface area contributed by atoms with Crippen molar-refractivity contribution >= 4 is 17.3 Å². The Labute approximate surface area is 306 Å². The minimum absolute atomic E-state index is 0.310. The second-order valence-electron chi connectivity index (χ2n) is 16.1. The van der Waals surface area contributed by atoms with E-state index in [9.17, 15) is 14.4 Å². The highest BCUT2D eigenvalue weighted by molar-refractivity contribution is 5.81. The van der Waals surface area contributed by atoms with E-state index < -0.39 is 0 Å². The van der Waals surface area contributed by atoms with Crippen molar-refractivity contribution < 1.29 is 14.4 Å². The molecule has 2 aromatic carbocycles. The van der Waals surface area contributed by atoms with Gasteiger partial charge in [-0.25, -0.2) is 0 Å². The Bertz CT molecular complexity index is 1140. The molecule has 0 bridgehead atoms. The molecule has 50 heavy (non-hydrogen) atoms. The molecule has 0 aromatic heterocycles. The second kappa shape index (κ2) is 23.1. The fourth-order valence-electron chi connectivity index (χ4n) is 8.70. The van der Waals surface area contributed by atoms with Crippen LogP contribution in [0.1, 0.15) is 202 Å². The molecule has 2 fully saturated rings. The van der Waals surface area contributed by atoms with Gasteiger partial charge in [0, 0.05) is 37.5 Å². The number of benzene rings is 2. The number of carbonyl (C=O) groups excluding carboxylic acids is 3. The van der Waals surface area contributed by atoms with E-state index in [1.54, 1.807) is 0 Å². The summed E-state index contributed by atoms with van der Waals surface area (Å²) in [6, 6.07) is 18.5. The van der Waals surface area contributed by atoms with Crippen LogP contribution in [0.3, 0.4) is 0 Å². The number of hydrogen-bond acceptors (Lipinski definition) is 3. The lowest BCUT2D eigenvalue weighted by Crippen LogP contribution is -2.21. The van der Waals surface area contributed by atoms with Gasteiger partial charge in [0.25, 0.3) is 0 Å². The van der Waals surface area contributed by atoms with Gasteiger partial charge in [-0.2, -0.15) is 0 Å². The van der Waals surface area contributed by atoms with Gasteiger partial charge in [-0.15, -0.1) is 0 Å². The Kier molecular flexibility index (Phi) is 18.6. The Hall–Kier alpha value is -2.55. The van der Waals surface area contributed by atoms with Crippen LogP contribution in [0.5, 0.6) is 0 Å². The maximum absolute atomic E-state index is 12.5. The van der Waals surface area contributed by atoms with Gasteiger partial charge in [-0.1, -0.05) is 101 Å². The van der Waals surface area contributed by atoms with Crippen LogP contribution in [0.25, 0.3) is 0 Å². The van der Waals surface area contributed by atoms with Gasteiger partial charge < -0.3 is 0 Å². The van der Waals surface area contributed by atoms with Gasteiger partial charge in [0.15, 0.2) is 0 Å². The van der Waals surface area contributed by atoms with Crippen LogP contribution in [-0.4, -0.2) is 17.3 Å². The van der Waals surface area contributed by atoms with E-state index in [0.717, 1.165) is 141 Å². The Morgan fingerprint density at radius 3 is 1.16 bits per heavy atom. The van der Waals surface area contributed by atoms with Crippen molar-refractivity contribution in [2.75, 3.05) is 0 Å². The lowest BCUT2D eigenvalue weighted by atomic mass is 9.76. The largest absolute Gasteiger partial charge is 0.300 e. The van der Waals surface area contributed by atoms with Crippen LogP contribution in [0.15, 0.2) is 48.5 Å². The molecular formula is C47H70O3. The monoisotopic (exact) mass is 683 g/mol. The minimum Gasteiger partial charge on any atom is -0.300 e. The molecule has 0 amide bonds. The molecule has 0 atom stereocenters. The molecule has 0 N–H and O–H groups in total. The van der Waals surface area contributed by atoms with Gasteiger partial charge >= 0.3 is 0 Å². The Balaban J connectivity index is 0.991. The van der Waals surface area contributed by atoms with Crippen LogP contribution in [-0.2, 0) is 27.2 Å². The topological polar surface area (TPSA) is 51.2 Å².